The molecule has 0 aliphatic carbocycles. The number of nitrogens with one attached hydrogen (secondary N) is 3. The van der Waals surface area contributed by atoms with Crippen LogP contribution in [0, 0.1) is 6.92 Å². The fourth-order valence-electron chi connectivity index (χ4n) is 1.73. The Labute approximate surface area is 121 Å². The van der Waals surface area contributed by atoms with Gasteiger partial charge in [0.15, 0.2) is 5.82 Å². The predicted molar refractivity (Wildman–Crippen MR) is 79.2 cm³/mol. The van der Waals surface area contributed by atoms with Crippen LogP contribution in [-0.2, 0) is 6.42 Å². The van der Waals surface area contributed by atoms with Gasteiger partial charge in [-0.15, -0.1) is 0 Å². The predicted octanol–water partition coefficient (Wildman–Crippen LogP) is 3.36. The zero-order chi connectivity index (χ0) is 14.5. The van der Waals surface area contributed by atoms with Gasteiger partial charge in [-0.25, -0.2) is 9.78 Å². The molecule has 0 saturated carbocycles. The van der Waals surface area contributed by atoms with E-state index >= 15 is 0 Å². The van der Waals surface area contributed by atoms with E-state index in [1.54, 1.807) is 12.3 Å². The molecule has 2 aromatic rings. The smallest absolute Gasteiger partial charge is 0.307 e. The molecule has 6 nitrogen and oxygen atoms in total. The number of aryl methyl sites for hydroxylation is 2. The van der Waals surface area contributed by atoms with Gasteiger partial charge in [0, 0.05) is 23.6 Å². The van der Waals surface area contributed by atoms with Crippen molar-refractivity contribution in [2.75, 3.05) is 10.6 Å². The highest BCUT2D eigenvalue weighted by Gasteiger charge is 2.08. The van der Waals surface area contributed by atoms with Crippen molar-refractivity contribution in [2.24, 2.45) is 0 Å². The number of urea groups is 1. The van der Waals surface area contributed by atoms with Gasteiger partial charge in [-0.1, -0.05) is 24.9 Å². The van der Waals surface area contributed by atoms with Crippen molar-refractivity contribution < 1.29 is 4.79 Å². The Bertz CT molecular complexity index is 611. The van der Waals surface area contributed by atoms with Crippen LogP contribution in [0.2, 0.25) is 5.15 Å². The summed E-state index contributed by atoms with van der Waals surface area (Å²) in [4.78, 5) is 15.8. The van der Waals surface area contributed by atoms with E-state index in [0.29, 0.717) is 16.7 Å². The highest BCUT2D eigenvalue weighted by molar-refractivity contribution is 6.29. The second kappa shape index (κ2) is 6.38. The SMILES string of the molecule is CCCc1cc(NC(=O)Nc2cc(Cl)ncc2C)n[nH]1. The van der Waals surface area contributed by atoms with E-state index in [1.165, 1.54) is 0 Å². The monoisotopic (exact) mass is 293 g/mol. The lowest BCUT2D eigenvalue weighted by Crippen LogP contribution is -2.20. The maximum atomic E-state index is 11.9. The van der Waals surface area contributed by atoms with E-state index in [0.717, 1.165) is 24.1 Å². The third-order valence-corrected chi connectivity index (χ3v) is 2.92. The average Bonchev–Trinajstić information content (AvgIpc) is 2.81. The van der Waals surface area contributed by atoms with Crippen molar-refractivity contribution in [2.45, 2.75) is 26.7 Å². The van der Waals surface area contributed by atoms with Crippen LogP contribution in [0.3, 0.4) is 0 Å². The molecular weight excluding hydrogens is 278 g/mol. The minimum atomic E-state index is -0.370. The molecule has 2 heterocycles. The van der Waals surface area contributed by atoms with Gasteiger partial charge in [-0.3, -0.25) is 10.4 Å². The normalized spacial score (nSPS) is 10.3. The number of aromatic amines is 1. The van der Waals surface area contributed by atoms with Crippen LogP contribution >= 0.6 is 11.6 Å². The minimum Gasteiger partial charge on any atom is -0.307 e. The molecule has 2 aromatic heterocycles. The van der Waals surface area contributed by atoms with Gasteiger partial charge in [-0.2, -0.15) is 5.10 Å². The van der Waals surface area contributed by atoms with E-state index in [-0.39, 0.29) is 6.03 Å². The number of hydrogen-bond donors (Lipinski definition) is 3. The lowest BCUT2D eigenvalue weighted by molar-refractivity contribution is 0.262. The van der Waals surface area contributed by atoms with Crippen LogP contribution in [0.5, 0.6) is 0 Å². The standard InChI is InChI=1S/C13H16ClN5O/c1-3-4-9-5-12(19-18-9)17-13(20)16-10-6-11(14)15-7-8(10)2/h5-7H,3-4H2,1-2H3,(H3,15,16,17,18,19,20). The number of amides is 2. The number of rotatable bonds is 4. The second-order valence-corrected chi connectivity index (χ2v) is 4.82. The molecule has 3 N–H and O–H groups in total. The van der Waals surface area contributed by atoms with Gasteiger partial charge in [0.25, 0.3) is 0 Å². The second-order valence-electron chi connectivity index (χ2n) is 4.43. The summed E-state index contributed by atoms with van der Waals surface area (Å²) in [6, 6.07) is 3.05. The molecule has 0 spiro atoms. The van der Waals surface area contributed by atoms with Crippen LogP contribution < -0.4 is 10.6 Å². The van der Waals surface area contributed by atoms with Crippen LogP contribution in [-0.4, -0.2) is 21.2 Å². The molecule has 0 aliphatic rings. The van der Waals surface area contributed by atoms with E-state index in [4.69, 9.17) is 11.6 Å². The molecule has 2 amide bonds. The Balaban J connectivity index is 1.99. The van der Waals surface area contributed by atoms with Gasteiger partial charge >= 0.3 is 6.03 Å². The van der Waals surface area contributed by atoms with Gasteiger partial charge in [0.2, 0.25) is 0 Å². The van der Waals surface area contributed by atoms with Gasteiger partial charge in [-0.05, 0) is 25.0 Å². The quantitative estimate of drug-likeness (QED) is 0.756. The van der Waals surface area contributed by atoms with Gasteiger partial charge in [0.05, 0.1) is 0 Å². The fraction of sp³-hybridized carbons (Fsp3) is 0.308. The maximum absolute atomic E-state index is 11.9. The summed E-state index contributed by atoms with van der Waals surface area (Å²) in [6.07, 6.45) is 3.52. The van der Waals surface area contributed by atoms with Crippen molar-refractivity contribution in [3.8, 4) is 0 Å². The van der Waals surface area contributed by atoms with E-state index < -0.39 is 0 Å². The molecule has 0 radical (unpaired) electrons. The first kappa shape index (κ1) is 14.3. The summed E-state index contributed by atoms with van der Waals surface area (Å²) in [5.41, 5.74) is 2.44. The van der Waals surface area contributed by atoms with Crippen molar-refractivity contribution in [1.82, 2.24) is 15.2 Å². The summed E-state index contributed by atoms with van der Waals surface area (Å²) in [7, 11) is 0. The molecule has 0 aliphatic heterocycles. The van der Waals surface area contributed by atoms with Gasteiger partial charge in [0.1, 0.15) is 5.15 Å². The van der Waals surface area contributed by atoms with Crippen molar-refractivity contribution in [3.05, 3.63) is 34.7 Å². The maximum Gasteiger partial charge on any atom is 0.324 e. The molecule has 106 valence electrons. The molecule has 0 saturated heterocycles. The highest BCUT2D eigenvalue weighted by atomic mass is 35.5. The lowest BCUT2D eigenvalue weighted by atomic mass is 10.2. The van der Waals surface area contributed by atoms with E-state index in [2.05, 4.69) is 32.7 Å². The zero-order valence-electron chi connectivity index (χ0n) is 11.3. The Morgan fingerprint density at radius 1 is 1.40 bits per heavy atom. The first-order valence-electron chi connectivity index (χ1n) is 6.33. The molecular formula is C13H16ClN5O. The molecule has 0 fully saturated rings. The summed E-state index contributed by atoms with van der Waals surface area (Å²) >= 11 is 5.80. The number of carbonyl (C=O) groups excluding carboxylic acids is 1. The van der Waals surface area contributed by atoms with Crippen LogP contribution in [0.1, 0.15) is 24.6 Å². The average molecular weight is 294 g/mol. The number of nitrogens with zero attached hydrogens (tertiary/aromatic N) is 2. The Morgan fingerprint density at radius 3 is 2.95 bits per heavy atom. The molecule has 0 unspecified atom stereocenters. The third-order valence-electron chi connectivity index (χ3n) is 2.71. The zero-order valence-corrected chi connectivity index (χ0v) is 12.1. The summed E-state index contributed by atoms with van der Waals surface area (Å²) < 4.78 is 0. The minimum absolute atomic E-state index is 0.330. The summed E-state index contributed by atoms with van der Waals surface area (Å²) in [5.74, 6) is 0.490. The van der Waals surface area contributed by atoms with Crippen LogP contribution in [0.4, 0.5) is 16.3 Å². The topological polar surface area (TPSA) is 82.7 Å². The third kappa shape index (κ3) is 3.71. The highest BCUT2D eigenvalue weighted by Crippen LogP contribution is 2.18. The number of carbonyl (C=O) groups is 1. The number of anilines is 2. The first-order chi connectivity index (χ1) is 9.58. The fourth-order valence-corrected chi connectivity index (χ4v) is 1.88. The number of halogens is 1. The number of H-pyrrole nitrogens is 1. The van der Waals surface area contributed by atoms with Crippen LogP contribution in [0.25, 0.3) is 0 Å². The Morgan fingerprint density at radius 2 is 2.20 bits per heavy atom. The largest absolute Gasteiger partial charge is 0.324 e. The van der Waals surface area contributed by atoms with E-state index in [9.17, 15) is 4.79 Å². The number of hydrogen-bond acceptors (Lipinski definition) is 3. The molecule has 7 heteroatoms. The van der Waals surface area contributed by atoms with E-state index in [1.807, 2.05) is 13.0 Å². The molecule has 20 heavy (non-hydrogen) atoms. The number of pyridine rings is 1. The molecule has 0 bridgehead atoms. The van der Waals surface area contributed by atoms with Gasteiger partial charge < -0.3 is 5.32 Å². The molecule has 2 rings (SSSR count). The number of aromatic nitrogens is 3. The van der Waals surface area contributed by atoms with Crippen molar-refractivity contribution in [3.63, 3.8) is 0 Å². The Hall–Kier alpha value is -2.08. The molecule has 0 atom stereocenters. The molecule has 0 aromatic carbocycles. The summed E-state index contributed by atoms with van der Waals surface area (Å²) in [6.45, 7) is 3.92. The Kier molecular flexibility index (Phi) is 4.57. The summed E-state index contributed by atoms with van der Waals surface area (Å²) in [5, 5.41) is 12.6. The lowest BCUT2D eigenvalue weighted by Gasteiger charge is -2.08. The van der Waals surface area contributed by atoms with Crippen LogP contribution in [0.15, 0.2) is 18.3 Å². The first-order valence-corrected chi connectivity index (χ1v) is 6.70. The van der Waals surface area contributed by atoms with Crippen molar-refractivity contribution in [1.29, 1.82) is 0 Å². The van der Waals surface area contributed by atoms with Crippen molar-refractivity contribution >= 4 is 29.1 Å².